The smallest absolute Gasteiger partial charge is 0.194 e. The van der Waals surface area contributed by atoms with E-state index in [0.717, 1.165) is 50.7 Å². The van der Waals surface area contributed by atoms with E-state index >= 15 is 0 Å². The molecule has 0 amide bonds. The number of halogens is 3. The van der Waals surface area contributed by atoms with Crippen molar-refractivity contribution in [3.05, 3.63) is 47.3 Å². The fourth-order valence-electron chi connectivity index (χ4n) is 3.33. The van der Waals surface area contributed by atoms with Crippen molar-refractivity contribution < 1.29 is 13.2 Å². The summed E-state index contributed by atoms with van der Waals surface area (Å²) in [6.07, 6.45) is 13.2. The lowest BCUT2D eigenvalue weighted by Crippen LogP contribution is -2.14. The van der Waals surface area contributed by atoms with Gasteiger partial charge >= 0.3 is 0 Å². The lowest BCUT2D eigenvalue weighted by Gasteiger charge is -2.28. The number of allylic oxidation sites excluding steroid dienone is 2. The van der Waals surface area contributed by atoms with Gasteiger partial charge in [-0.3, -0.25) is 0 Å². The Labute approximate surface area is 131 Å². The van der Waals surface area contributed by atoms with Gasteiger partial charge in [-0.05, 0) is 74.5 Å². The van der Waals surface area contributed by atoms with E-state index in [-0.39, 0.29) is 5.92 Å². The first kappa shape index (κ1) is 17.1. The molecule has 0 atom stereocenters. The Balaban J connectivity index is 1.82. The molecule has 1 fully saturated rings. The summed E-state index contributed by atoms with van der Waals surface area (Å²) in [5.41, 5.74) is 0.609. The molecule has 1 aliphatic rings. The Kier molecular flexibility index (Phi) is 6.53. The van der Waals surface area contributed by atoms with Crippen LogP contribution in [-0.4, -0.2) is 0 Å². The molecule has 1 aromatic carbocycles. The van der Waals surface area contributed by atoms with E-state index in [1.165, 1.54) is 12.8 Å². The highest BCUT2D eigenvalue weighted by atomic mass is 19.2. The van der Waals surface area contributed by atoms with Crippen LogP contribution in [0.15, 0.2) is 24.3 Å². The Hall–Kier alpha value is -1.25. The molecule has 1 saturated carbocycles. The van der Waals surface area contributed by atoms with Gasteiger partial charge in [-0.25, -0.2) is 13.2 Å². The molecular formula is C19H25F3. The normalized spacial score (nSPS) is 22.4. The number of unbranched alkanes of at least 4 members (excludes halogenated alkanes) is 1. The molecule has 0 aliphatic heterocycles. The van der Waals surface area contributed by atoms with Gasteiger partial charge in [0.05, 0.1) is 0 Å². The molecule has 2 rings (SSSR count). The molecule has 0 nitrogen and oxygen atoms in total. The van der Waals surface area contributed by atoms with Crippen LogP contribution in [0, 0.1) is 23.4 Å². The van der Waals surface area contributed by atoms with Crippen LogP contribution in [0.3, 0.4) is 0 Å². The molecule has 0 saturated heterocycles. The average Bonchev–Trinajstić information content (AvgIpc) is 2.52. The summed E-state index contributed by atoms with van der Waals surface area (Å²) in [6.45, 7) is 2.17. The van der Waals surface area contributed by atoms with Gasteiger partial charge in [0.1, 0.15) is 0 Å². The van der Waals surface area contributed by atoms with E-state index < -0.39 is 17.5 Å². The van der Waals surface area contributed by atoms with Gasteiger partial charge in [-0.15, -0.1) is 0 Å². The van der Waals surface area contributed by atoms with E-state index in [0.29, 0.717) is 11.5 Å². The second-order valence-corrected chi connectivity index (χ2v) is 6.35. The van der Waals surface area contributed by atoms with Crippen molar-refractivity contribution >= 4 is 0 Å². The summed E-state index contributed by atoms with van der Waals surface area (Å²) in [4.78, 5) is 0. The molecule has 1 aliphatic carbocycles. The summed E-state index contributed by atoms with van der Waals surface area (Å²) in [6, 6.07) is 2.33. The Bertz CT molecular complexity index is 476. The first-order valence-corrected chi connectivity index (χ1v) is 8.41. The first-order valence-electron chi connectivity index (χ1n) is 8.41. The maximum absolute atomic E-state index is 13.3. The maximum atomic E-state index is 13.3. The quantitative estimate of drug-likeness (QED) is 0.415. The maximum Gasteiger partial charge on any atom is 0.194 e. The van der Waals surface area contributed by atoms with Crippen molar-refractivity contribution in [2.75, 3.05) is 0 Å². The summed E-state index contributed by atoms with van der Waals surface area (Å²) in [5.74, 6) is -2.64. The zero-order chi connectivity index (χ0) is 15.9. The molecular weight excluding hydrogens is 285 g/mol. The molecule has 0 N–H and O–H groups in total. The van der Waals surface area contributed by atoms with Crippen molar-refractivity contribution in [1.82, 2.24) is 0 Å². The van der Waals surface area contributed by atoms with Gasteiger partial charge in [-0.2, -0.15) is 0 Å². The number of hydrogen-bond acceptors (Lipinski definition) is 0. The predicted octanol–water partition coefficient (Wildman–Crippen LogP) is 6.51. The SMILES string of the molecule is CCC/C=C/CC[C@H]1CC[C@H](c2cc(F)c(F)c(F)c2)CC1. The monoisotopic (exact) mass is 310 g/mol. The van der Waals surface area contributed by atoms with Gasteiger partial charge in [0, 0.05) is 0 Å². The van der Waals surface area contributed by atoms with Crippen LogP contribution in [0.4, 0.5) is 13.2 Å². The van der Waals surface area contributed by atoms with Crippen LogP contribution in [0.1, 0.15) is 69.8 Å². The minimum absolute atomic E-state index is 0.163. The standard InChI is InChI=1S/C19H25F3/c1-2-3-4-5-6-7-14-8-10-15(11-9-14)16-12-17(20)19(22)18(21)13-16/h4-5,12-15H,2-3,6-11H2,1H3/b5-4+/t14-,15-. The van der Waals surface area contributed by atoms with Gasteiger partial charge < -0.3 is 0 Å². The lowest BCUT2D eigenvalue weighted by atomic mass is 9.77. The Morgan fingerprint density at radius 1 is 0.955 bits per heavy atom. The molecule has 0 bridgehead atoms. The molecule has 0 aromatic heterocycles. The van der Waals surface area contributed by atoms with Crippen LogP contribution in [-0.2, 0) is 0 Å². The lowest BCUT2D eigenvalue weighted by molar-refractivity contribution is 0.310. The Morgan fingerprint density at radius 3 is 2.14 bits per heavy atom. The van der Waals surface area contributed by atoms with Gasteiger partial charge in [-0.1, -0.05) is 25.5 Å². The minimum Gasteiger partial charge on any atom is -0.204 e. The second-order valence-electron chi connectivity index (χ2n) is 6.35. The molecule has 3 heteroatoms. The predicted molar refractivity (Wildman–Crippen MR) is 84.3 cm³/mol. The van der Waals surface area contributed by atoms with Gasteiger partial charge in [0.2, 0.25) is 0 Å². The van der Waals surface area contributed by atoms with E-state index in [9.17, 15) is 13.2 Å². The van der Waals surface area contributed by atoms with Crippen LogP contribution >= 0.6 is 0 Å². The van der Waals surface area contributed by atoms with Crippen LogP contribution < -0.4 is 0 Å². The van der Waals surface area contributed by atoms with Crippen molar-refractivity contribution in [2.24, 2.45) is 5.92 Å². The summed E-state index contributed by atoms with van der Waals surface area (Å²) < 4.78 is 39.6. The molecule has 22 heavy (non-hydrogen) atoms. The average molecular weight is 310 g/mol. The van der Waals surface area contributed by atoms with Gasteiger partial charge in [0.25, 0.3) is 0 Å². The number of hydrogen-bond donors (Lipinski definition) is 0. The molecule has 1 aromatic rings. The summed E-state index contributed by atoms with van der Waals surface area (Å²) in [7, 11) is 0. The zero-order valence-corrected chi connectivity index (χ0v) is 13.3. The van der Waals surface area contributed by atoms with Crippen molar-refractivity contribution in [3.8, 4) is 0 Å². The summed E-state index contributed by atoms with van der Waals surface area (Å²) in [5, 5.41) is 0. The molecule has 0 radical (unpaired) electrons. The number of rotatable bonds is 6. The third-order valence-corrected chi connectivity index (χ3v) is 4.69. The molecule has 0 unspecified atom stereocenters. The highest BCUT2D eigenvalue weighted by Crippen LogP contribution is 2.38. The zero-order valence-electron chi connectivity index (χ0n) is 13.3. The molecule has 0 heterocycles. The van der Waals surface area contributed by atoms with Crippen LogP contribution in [0.25, 0.3) is 0 Å². The minimum atomic E-state index is -1.36. The van der Waals surface area contributed by atoms with Crippen LogP contribution in [0.2, 0.25) is 0 Å². The first-order chi connectivity index (χ1) is 10.6. The van der Waals surface area contributed by atoms with E-state index in [1.54, 1.807) is 0 Å². The summed E-state index contributed by atoms with van der Waals surface area (Å²) >= 11 is 0. The largest absolute Gasteiger partial charge is 0.204 e. The van der Waals surface area contributed by atoms with Crippen molar-refractivity contribution in [1.29, 1.82) is 0 Å². The Morgan fingerprint density at radius 2 is 1.55 bits per heavy atom. The highest BCUT2D eigenvalue weighted by Gasteiger charge is 2.23. The van der Waals surface area contributed by atoms with Gasteiger partial charge in [0.15, 0.2) is 17.5 Å². The topological polar surface area (TPSA) is 0 Å². The molecule has 122 valence electrons. The van der Waals surface area contributed by atoms with Crippen molar-refractivity contribution in [2.45, 2.75) is 64.2 Å². The molecule has 0 spiro atoms. The number of benzene rings is 1. The fraction of sp³-hybridized carbons (Fsp3) is 0.579. The van der Waals surface area contributed by atoms with E-state index in [1.807, 2.05) is 0 Å². The van der Waals surface area contributed by atoms with Crippen molar-refractivity contribution in [3.63, 3.8) is 0 Å². The second kappa shape index (κ2) is 8.40. The third-order valence-electron chi connectivity index (χ3n) is 4.69. The third kappa shape index (κ3) is 4.62. The van der Waals surface area contributed by atoms with E-state index in [2.05, 4.69) is 19.1 Å². The fourth-order valence-corrected chi connectivity index (χ4v) is 3.33. The highest BCUT2D eigenvalue weighted by molar-refractivity contribution is 5.23. The van der Waals surface area contributed by atoms with Crippen LogP contribution in [0.5, 0.6) is 0 Å². The van der Waals surface area contributed by atoms with E-state index in [4.69, 9.17) is 0 Å².